The van der Waals surface area contributed by atoms with E-state index in [1.54, 1.807) is 70.2 Å². The number of aryl methyl sites for hydroxylation is 1. The number of benzene rings is 2. The van der Waals surface area contributed by atoms with Crippen molar-refractivity contribution in [3.63, 3.8) is 0 Å². The average Bonchev–Trinajstić information content (AvgIpc) is 3.14. The molecule has 0 spiro atoms. The maximum atomic E-state index is 13.2. The lowest BCUT2D eigenvalue weighted by Gasteiger charge is -2.23. The second kappa shape index (κ2) is 22.9. The molecule has 0 saturated heterocycles. The third-order valence-electron chi connectivity index (χ3n) is 7.28. The summed E-state index contributed by atoms with van der Waals surface area (Å²) in [7, 11) is -4.03. The zero-order valence-electron chi connectivity index (χ0n) is 32.2. The molecule has 2 aromatic rings. The van der Waals surface area contributed by atoms with Gasteiger partial charge in [0, 0.05) is 6.54 Å². The van der Waals surface area contributed by atoms with Gasteiger partial charge in [-0.15, -0.1) is 0 Å². The Morgan fingerprint density at radius 2 is 1.48 bits per heavy atom. The first-order valence-corrected chi connectivity index (χ1v) is 19.0. The normalized spacial score (nSPS) is 13.0. The van der Waals surface area contributed by atoms with Crippen molar-refractivity contribution in [3.05, 3.63) is 65.7 Å². The number of hydrogen-bond acceptors (Lipinski definition) is 13. The number of aliphatic hydroxyl groups excluding tert-OH is 1. The van der Waals surface area contributed by atoms with E-state index < -0.39 is 101 Å². The molecule has 2 aromatic carbocycles. The van der Waals surface area contributed by atoms with Crippen molar-refractivity contribution >= 4 is 57.8 Å². The molecule has 0 fully saturated rings. The summed E-state index contributed by atoms with van der Waals surface area (Å²) >= 11 is 0. The molecule has 22 nitrogen and oxygen atoms in total. The van der Waals surface area contributed by atoms with Crippen molar-refractivity contribution in [2.45, 2.75) is 82.2 Å². The van der Waals surface area contributed by atoms with Gasteiger partial charge in [-0.1, -0.05) is 48.0 Å². The summed E-state index contributed by atoms with van der Waals surface area (Å²) in [6.45, 7) is 4.41. The molecule has 0 aliphatic rings. The maximum absolute atomic E-state index is 13.2. The van der Waals surface area contributed by atoms with Crippen molar-refractivity contribution in [2.75, 3.05) is 19.7 Å². The Morgan fingerprint density at radius 1 is 0.828 bits per heavy atom. The number of aliphatic hydroxyl groups is 1. The van der Waals surface area contributed by atoms with Gasteiger partial charge in [0.25, 0.3) is 15.9 Å². The number of nitrogens with one attached hydrogen (secondary N) is 7. The monoisotopic (exact) mass is 835 g/mol. The van der Waals surface area contributed by atoms with Gasteiger partial charge in [0.1, 0.15) is 30.3 Å². The number of sulfonamides is 1. The largest absolute Gasteiger partial charge is 0.481 e. The van der Waals surface area contributed by atoms with Crippen LogP contribution in [0.5, 0.6) is 0 Å². The number of hydrazine groups is 1. The number of alkyl carbamates (subject to hydrolysis) is 1. The quantitative estimate of drug-likeness (QED) is 0.0343. The number of carboxylic acid groups (broad SMARTS) is 1. The first-order chi connectivity index (χ1) is 27.2. The molecular weight excluding hydrogens is 787 g/mol. The summed E-state index contributed by atoms with van der Waals surface area (Å²) in [5.41, 5.74) is 10.2. The maximum Gasteiger partial charge on any atom is 0.426 e. The van der Waals surface area contributed by atoms with E-state index in [4.69, 9.17) is 15.2 Å². The number of rotatable bonds is 19. The molecule has 11 N–H and O–H groups in total. The predicted octanol–water partition coefficient (Wildman–Crippen LogP) is -1.23. The molecule has 3 atom stereocenters. The Labute approximate surface area is 334 Å². The van der Waals surface area contributed by atoms with Crippen LogP contribution in [0.4, 0.5) is 9.59 Å². The van der Waals surface area contributed by atoms with Gasteiger partial charge in [-0.2, -0.15) is 0 Å². The zero-order valence-corrected chi connectivity index (χ0v) is 33.0. The first-order valence-electron chi connectivity index (χ1n) is 17.5. The topological polar surface area (TPSA) is 335 Å². The van der Waals surface area contributed by atoms with E-state index in [0.717, 1.165) is 5.56 Å². The fraction of sp³-hybridized carbons (Fsp3) is 0.429. The van der Waals surface area contributed by atoms with E-state index >= 15 is 0 Å². The summed E-state index contributed by atoms with van der Waals surface area (Å²) in [6.07, 6.45) is -3.09. The summed E-state index contributed by atoms with van der Waals surface area (Å²) in [5.74, 6) is -6.27. The van der Waals surface area contributed by atoms with Crippen LogP contribution in [0.1, 0.15) is 51.2 Å². The third-order valence-corrected chi connectivity index (χ3v) is 8.65. The van der Waals surface area contributed by atoms with Gasteiger partial charge in [-0.25, -0.2) is 28.2 Å². The smallest absolute Gasteiger partial charge is 0.426 e. The number of aliphatic carboxylic acids is 1. The summed E-state index contributed by atoms with van der Waals surface area (Å²) in [4.78, 5) is 91.2. The van der Waals surface area contributed by atoms with Gasteiger partial charge in [0.15, 0.2) is 0 Å². The number of amides is 6. The molecule has 0 bridgehead atoms. The highest BCUT2D eigenvalue weighted by atomic mass is 32.2. The molecule has 0 heterocycles. The van der Waals surface area contributed by atoms with Crippen LogP contribution in [-0.4, -0.2) is 110 Å². The zero-order chi connectivity index (χ0) is 43.5. The Morgan fingerprint density at radius 3 is 2.09 bits per heavy atom. The fourth-order valence-electron chi connectivity index (χ4n) is 4.51. The number of carbonyl (C=O) groups excluding carboxylic acids is 6. The fourth-order valence-corrected chi connectivity index (χ4v) is 5.46. The van der Waals surface area contributed by atoms with Gasteiger partial charge < -0.3 is 46.7 Å². The van der Waals surface area contributed by atoms with E-state index in [1.807, 2.05) is 10.9 Å². The molecule has 0 unspecified atom stereocenters. The van der Waals surface area contributed by atoms with Crippen LogP contribution in [0.3, 0.4) is 0 Å². The molecule has 58 heavy (non-hydrogen) atoms. The van der Waals surface area contributed by atoms with E-state index in [2.05, 4.69) is 31.0 Å². The Bertz CT molecular complexity index is 1890. The second-order valence-corrected chi connectivity index (χ2v) is 15.1. The van der Waals surface area contributed by atoms with Crippen LogP contribution >= 0.6 is 0 Å². The van der Waals surface area contributed by atoms with Gasteiger partial charge in [-0.3, -0.25) is 34.4 Å². The van der Waals surface area contributed by atoms with E-state index in [1.165, 1.54) is 12.1 Å². The molecule has 0 aromatic heterocycles. The Hall–Kier alpha value is -6.49. The molecule has 2 rings (SSSR count). The lowest BCUT2D eigenvalue weighted by molar-refractivity contribution is -0.141. The van der Waals surface area contributed by atoms with E-state index in [0.29, 0.717) is 5.56 Å². The van der Waals surface area contributed by atoms with Crippen molar-refractivity contribution in [1.29, 1.82) is 0 Å². The van der Waals surface area contributed by atoms with E-state index in [-0.39, 0.29) is 30.9 Å². The number of aliphatic imine (C=N–C) groups is 1. The van der Waals surface area contributed by atoms with Gasteiger partial charge in [0.05, 0.1) is 24.5 Å². The number of carbonyl (C=O) groups is 7. The van der Waals surface area contributed by atoms with Crippen molar-refractivity contribution in [1.82, 2.24) is 36.8 Å². The third kappa shape index (κ3) is 18.4. The van der Waals surface area contributed by atoms with Crippen molar-refractivity contribution in [3.8, 4) is 0 Å². The van der Waals surface area contributed by atoms with Crippen molar-refractivity contribution in [2.24, 2.45) is 10.7 Å². The van der Waals surface area contributed by atoms with Gasteiger partial charge in [-0.05, 0) is 58.2 Å². The van der Waals surface area contributed by atoms with Gasteiger partial charge in [0.2, 0.25) is 23.7 Å². The van der Waals surface area contributed by atoms with Crippen LogP contribution in [0, 0.1) is 6.92 Å². The molecule has 23 heteroatoms. The Kier molecular flexibility index (Phi) is 18.8. The standard InChI is InChI=1S/C35H49N9O13S/c1-21-12-14-23(15-13-21)58(54,55)44-32(36)37-16-8-11-24(41-33(52)56-20-22-9-6-5-7-10-22)29(49)38-18-27(46)39-25(17-28(47)48)30(50)40-26(19-45)31(51)42-43-34(53)57-35(2,3)4/h5-7,9-10,12-15,24-26,45H,8,11,16-20H2,1-4H3,(H,38,49)(H,39,46)(H,40,50)(H,41,52)(H,42,51)(H,43,53)(H,47,48)(H3,36,37,44)/t24-,25-,26-/m0/s1. The predicted molar refractivity (Wildman–Crippen MR) is 204 cm³/mol. The minimum Gasteiger partial charge on any atom is -0.481 e. The summed E-state index contributed by atoms with van der Waals surface area (Å²) in [5, 5.41) is 27.8. The highest BCUT2D eigenvalue weighted by molar-refractivity contribution is 7.90. The highest BCUT2D eigenvalue weighted by Crippen LogP contribution is 2.10. The van der Waals surface area contributed by atoms with Crippen LogP contribution in [-0.2, 0) is 50.1 Å². The van der Waals surface area contributed by atoms with E-state index in [9.17, 15) is 52.2 Å². The molecule has 318 valence electrons. The van der Waals surface area contributed by atoms with Crippen LogP contribution in [0.25, 0.3) is 0 Å². The minimum absolute atomic E-state index is 0.0448. The number of hydrogen-bond donors (Lipinski definition) is 10. The summed E-state index contributed by atoms with van der Waals surface area (Å²) < 4.78 is 37.5. The molecule has 0 aliphatic carbocycles. The minimum atomic E-state index is -4.03. The molecule has 0 radical (unpaired) electrons. The summed E-state index contributed by atoms with van der Waals surface area (Å²) in [6, 6.07) is 9.74. The number of carboxylic acids is 1. The molecule has 0 saturated carbocycles. The van der Waals surface area contributed by atoms with Crippen molar-refractivity contribution < 1.29 is 61.7 Å². The van der Waals surface area contributed by atoms with Gasteiger partial charge >= 0.3 is 18.2 Å². The first kappa shape index (κ1) is 47.7. The lowest BCUT2D eigenvalue weighted by Crippen LogP contribution is -2.58. The van der Waals surface area contributed by atoms with Crippen LogP contribution in [0.2, 0.25) is 0 Å². The average molecular weight is 836 g/mol. The SMILES string of the molecule is Cc1ccc(S(=O)(=O)NC(N)=NCCC[C@H](NC(=O)OCc2ccccc2)C(=O)NCC(=O)N[C@@H](CC(=O)O)C(=O)N[C@@H](CO)C(=O)NNC(=O)OC(C)(C)C)cc1. The number of ether oxygens (including phenoxy) is 2. The molecule has 0 aliphatic heterocycles. The van der Waals surface area contributed by atoms with Crippen LogP contribution < -0.4 is 42.6 Å². The second-order valence-electron chi connectivity index (χ2n) is 13.4. The molecular formula is C35H49N9O13S. The number of guanidine groups is 1. The number of nitrogens with zero attached hydrogens (tertiary/aromatic N) is 1. The highest BCUT2D eigenvalue weighted by Gasteiger charge is 2.29. The lowest BCUT2D eigenvalue weighted by atomic mass is 10.1. The Balaban J connectivity index is 2.05. The molecule has 6 amide bonds. The number of nitrogens with two attached hydrogens (primary N) is 1. The van der Waals surface area contributed by atoms with Crippen LogP contribution in [0.15, 0.2) is 64.5 Å².